The molecule has 1 aromatic heterocycles. The van der Waals surface area contributed by atoms with E-state index in [9.17, 15) is 13.6 Å². The number of carbonyl (C=O) groups is 1. The van der Waals surface area contributed by atoms with Crippen LogP contribution in [0, 0.1) is 5.92 Å². The number of nitrogens with zero attached hydrogens (tertiary/aromatic N) is 1. The summed E-state index contributed by atoms with van der Waals surface area (Å²) in [5.41, 5.74) is -0.101. The number of carboxylic acid groups (broad SMARTS) is 1. The molecule has 1 aliphatic rings. The van der Waals surface area contributed by atoms with Gasteiger partial charge in [-0.2, -0.15) is 0 Å². The first-order chi connectivity index (χ1) is 7.90. The van der Waals surface area contributed by atoms with E-state index in [0.717, 1.165) is 0 Å². The number of ether oxygens (including phenoxy) is 1. The van der Waals surface area contributed by atoms with Crippen LogP contribution in [-0.2, 0) is 0 Å². The highest BCUT2D eigenvalue weighted by atomic mass is 79.9. The van der Waals surface area contributed by atoms with Crippen molar-refractivity contribution >= 4 is 21.9 Å². The van der Waals surface area contributed by atoms with Crippen molar-refractivity contribution in [1.29, 1.82) is 0 Å². The second-order valence-electron chi connectivity index (χ2n) is 3.78. The molecule has 1 fully saturated rings. The maximum atomic E-state index is 12.6. The third-order valence-corrected chi connectivity index (χ3v) is 2.89. The average Bonchev–Trinajstić information content (AvgIpc) is 2.84. The first-order valence-electron chi connectivity index (χ1n) is 4.79. The Morgan fingerprint density at radius 3 is 2.88 bits per heavy atom. The smallest absolute Gasteiger partial charge is 0.339 e. The highest BCUT2D eigenvalue weighted by Crippen LogP contribution is 2.48. The van der Waals surface area contributed by atoms with E-state index in [2.05, 4.69) is 20.9 Å². The summed E-state index contributed by atoms with van der Waals surface area (Å²) in [5.74, 6) is -4.69. The van der Waals surface area contributed by atoms with Crippen LogP contribution in [0.4, 0.5) is 8.78 Å². The van der Waals surface area contributed by atoms with Gasteiger partial charge in [-0.3, -0.25) is 0 Å². The minimum atomic E-state index is -2.67. The number of aromatic nitrogens is 1. The highest BCUT2D eigenvalue weighted by Gasteiger charge is 2.57. The first kappa shape index (κ1) is 12.2. The van der Waals surface area contributed by atoms with Crippen LogP contribution in [0.2, 0.25) is 0 Å². The normalized spacial score (nSPS) is 21.0. The zero-order chi connectivity index (χ0) is 12.6. The molecule has 1 saturated carbocycles. The van der Waals surface area contributed by atoms with Crippen molar-refractivity contribution in [2.24, 2.45) is 5.92 Å². The molecule has 0 aromatic carbocycles. The van der Waals surface area contributed by atoms with E-state index in [1.807, 2.05) is 0 Å². The largest absolute Gasteiger partial charge is 0.491 e. The lowest BCUT2D eigenvalue weighted by Crippen LogP contribution is -2.09. The van der Waals surface area contributed by atoms with Crippen molar-refractivity contribution in [2.45, 2.75) is 12.3 Å². The maximum Gasteiger partial charge on any atom is 0.339 e. The summed E-state index contributed by atoms with van der Waals surface area (Å²) in [7, 11) is 0. The van der Waals surface area contributed by atoms with Crippen molar-refractivity contribution in [2.75, 3.05) is 6.61 Å². The van der Waals surface area contributed by atoms with Crippen LogP contribution in [0.15, 0.2) is 16.9 Å². The Morgan fingerprint density at radius 1 is 1.71 bits per heavy atom. The van der Waals surface area contributed by atoms with Crippen molar-refractivity contribution in [3.8, 4) is 5.75 Å². The van der Waals surface area contributed by atoms with Gasteiger partial charge in [0.15, 0.2) is 5.75 Å². The molecular formula is C10H8BrF2NO3. The van der Waals surface area contributed by atoms with Crippen LogP contribution in [0.1, 0.15) is 16.8 Å². The van der Waals surface area contributed by atoms with Crippen molar-refractivity contribution in [1.82, 2.24) is 4.98 Å². The molecule has 4 nitrogen and oxygen atoms in total. The lowest BCUT2D eigenvalue weighted by molar-refractivity contribution is 0.0688. The fourth-order valence-electron chi connectivity index (χ4n) is 1.34. The minimum absolute atomic E-state index is 0.00315. The maximum absolute atomic E-state index is 12.6. The molecule has 0 aliphatic heterocycles. The highest BCUT2D eigenvalue weighted by molar-refractivity contribution is 9.10. The molecule has 1 atom stereocenters. The van der Waals surface area contributed by atoms with Gasteiger partial charge in [-0.25, -0.2) is 18.6 Å². The zero-order valence-electron chi connectivity index (χ0n) is 8.49. The average molecular weight is 308 g/mol. The van der Waals surface area contributed by atoms with Crippen LogP contribution in [0.5, 0.6) is 5.75 Å². The van der Waals surface area contributed by atoms with Gasteiger partial charge in [0.25, 0.3) is 5.92 Å². The monoisotopic (exact) mass is 307 g/mol. The quantitative estimate of drug-likeness (QED) is 0.869. The molecule has 92 valence electrons. The molecule has 2 rings (SSSR count). The van der Waals surface area contributed by atoms with Gasteiger partial charge >= 0.3 is 5.97 Å². The van der Waals surface area contributed by atoms with Gasteiger partial charge < -0.3 is 9.84 Å². The van der Waals surface area contributed by atoms with E-state index in [1.165, 1.54) is 12.3 Å². The Bertz CT molecular complexity index is 467. The van der Waals surface area contributed by atoms with E-state index < -0.39 is 17.8 Å². The zero-order valence-corrected chi connectivity index (χ0v) is 10.1. The number of aromatic carboxylic acids is 1. The molecule has 0 amide bonds. The Hall–Kier alpha value is -1.24. The molecule has 1 N–H and O–H groups in total. The second kappa shape index (κ2) is 4.21. The molecule has 0 saturated heterocycles. The Morgan fingerprint density at radius 2 is 2.35 bits per heavy atom. The molecule has 1 unspecified atom stereocenters. The van der Waals surface area contributed by atoms with Crippen LogP contribution in [0.25, 0.3) is 0 Å². The Kier molecular flexibility index (Phi) is 3.03. The van der Waals surface area contributed by atoms with Gasteiger partial charge in [-0.15, -0.1) is 0 Å². The summed E-state index contributed by atoms with van der Waals surface area (Å²) >= 11 is 3.03. The number of pyridine rings is 1. The minimum Gasteiger partial charge on any atom is -0.491 e. The number of rotatable bonds is 4. The summed E-state index contributed by atoms with van der Waals surface area (Å²) < 4.78 is 30.6. The van der Waals surface area contributed by atoms with Crippen molar-refractivity contribution in [3.05, 3.63) is 22.4 Å². The number of hydrogen-bond donors (Lipinski definition) is 1. The van der Waals surface area contributed by atoms with Gasteiger partial charge in [0, 0.05) is 6.42 Å². The standard InChI is InChI=1S/C10H8BrF2NO3/c11-8-1-6(9(15)16)7(3-14-8)17-4-5-2-10(5,12)13/h1,3,5H,2,4H2,(H,15,16). The summed E-state index contributed by atoms with van der Waals surface area (Å²) in [6, 6.07) is 1.27. The van der Waals surface area contributed by atoms with Crippen LogP contribution in [0.3, 0.4) is 0 Å². The van der Waals surface area contributed by atoms with E-state index in [1.54, 1.807) is 0 Å². The van der Waals surface area contributed by atoms with Gasteiger partial charge in [-0.05, 0) is 22.0 Å². The third kappa shape index (κ3) is 2.71. The molecule has 1 aliphatic carbocycles. The van der Waals surface area contributed by atoms with Crippen molar-refractivity contribution in [3.63, 3.8) is 0 Å². The predicted octanol–water partition coefficient (Wildman–Crippen LogP) is 2.58. The Balaban J connectivity index is 2.08. The molecule has 17 heavy (non-hydrogen) atoms. The van der Waals surface area contributed by atoms with E-state index in [0.29, 0.717) is 4.60 Å². The molecule has 1 aromatic rings. The lowest BCUT2D eigenvalue weighted by Gasteiger charge is -2.08. The van der Waals surface area contributed by atoms with Crippen LogP contribution >= 0.6 is 15.9 Å². The van der Waals surface area contributed by atoms with Crippen molar-refractivity contribution < 1.29 is 23.4 Å². The molecule has 7 heteroatoms. The molecule has 0 bridgehead atoms. The Labute approximate surface area is 104 Å². The fraction of sp³-hybridized carbons (Fsp3) is 0.400. The lowest BCUT2D eigenvalue weighted by atomic mass is 10.2. The number of halogens is 3. The number of carboxylic acids is 1. The topological polar surface area (TPSA) is 59.4 Å². The van der Waals surface area contributed by atoms with E-state index in [4.69, 9.17) is 9.84 Å². The summed E-state index contributed by atoms with van der Waals surface area (Å²) in [6.45, 7) is -0.198. The van der Waals surface area contributed by atoms with Crippen LogP contribution < -0.4 is 4.74 Å². The molecular weight excluding hydrogens is 300 g/mol. The predicted molar refractivity (Wildman–Crippen MR) is 57.4 cm³/mol. The summed E-state index contributed by atoms with van der Waals surface area (Å²) in [4.78, 5) is 14.7. The summed E-state index contributed by atoms with van der Waals surface area (Å²) in [5, 5.41) is 8.90. The fourth-order valence-corrected chi connectivity index (χ4v) is 1.67. The van der Waals surface area contributed by atoms with Gasteiger partial charge in [0.1, 0.15) is 10.2 Å². The molecule has 0 radical (unpaired) electrons. The van der Waals surface area contributed by atoms with Gasteiger partial charge in [-0.1, -0.05) is 0 Å². The van der Waals surface area contributed by atoms with Crippen LogP contribution in [-0.4, -0.2) is 28.6 Å². The van der Waals surface area contributed by atoms with Gasteiger partial charge in [0.05, 0.1) is 18.7 Å². The van der Waals surface area contributed by atoms with Gasteiger partial charge in [0.2, 0.25) is 0 Å². The number of hydrogen-bond acceptors (Lipinski definition) is 3. The molecule has 0 spiro atoms. The van der Waals surface area contributed by atoms with E-state index >= 15 is 0 Å². The van der Waals surface area contributed by atoms with E-state index in [-0.39, 0.29) is 24.3 Å². The first-order valence-corrected chi connectivity index (χ1v) is 5.59. The second-order valence-corrected chi connectivity index (χ2v) is 4.59. The third-order valence-electron chi connectivity index (χ3n) is 2.46. The summed E-state index contributed by atoms with van der Waals surface area (Å²) in [6.07, 6.45) is 0.993. The SMILES string of the molecule is O=C(O)c1cc(Br)ncc1OCC1CC1(F)F. The number of alkyl halides is 2. The molecule has 1 heterocycles.